The molecule has 0 aromatic rings. The van der Waals surface area contributed by atoms with Crippen LogP contribution in [0.5, 0.6) is 0 Å². The molecule has 0 spiro atoms. The Morgan fingerprint density at radius 1 is 1.14 bits per heavy atom. The predicted molar refractivity (Wildman–Crippen MR) is 30.2 cm³/mol. The summed E-state index contributed by atoms with van der Waals surface area (Å²) in [5.74, 6) is 0. The molecule has 0 aliphatic rings. The fraction of sp³-hybridized carbons (Fsp3) is 1.00. The fourth-order valence-electron chi connectivity index (χ4n) is 0. The zero-order chi connectivity index (χ0) is 2.71. The van der Waals surface area contributed by atoms with E-state index in [-0.39, 0.29) is 45.1 Å². The van der Waals surface area contributed by atoms with Crippen molar-refractivity contribution in [1.82, 2.24) is 0 Å². The van der Waals surface area contributed by atoms with E-state index in [0.29, 0.717) is 0 Å². The molecular formula is C2H12F3OSb. The van der Waals surface area contributed by atoms with Crippen molar-refractivity contribution in [1.29, 1.82) is 0 Å². The van der Waals surface area contributed by atoms with Gasteiger partial charge >= 0.3 is 24.4 Å². The Labute approximate surface area is 57.7 Å². The maximum absolute atomic E-state index is 7.57. The number of hydrogen-bond donors (Lipinski definition) is 1. The summed E-state index contributed by atoms with van der Waals surface area (Å²) in [5, 5.41) is 7.57. The van der Waals surface area contributed by atoms with Crippen molar-refractivity contribution in [2.75, 3.05) is 6.61 Å². The van der Waals surface area contributed by atoms with E-state index in [1.807, 2.05) is 0 Å². The molecule has 5 heteroatoms. The quantitative estimate of drug-likeness (QED) is 0.545. The molecule has 0 rings (SSSR count). The molecule has 0 unspecified atom stereocenters. The molecule has 52 valence electrons. The third kappa shape index (κ3) is 425. The van der Waals surface area contributed by atoms with Crippen LogP contribution < -0.4 is 0 Å². The van der Waals surface area contributed by atoms with E-state index in [9.17, 15) is 0 Å². The van der Waals surface area contributed by atoms with Crippen LogP contribution in [-0.2, 0) is 0 Å². The summed E-state index contributed by atoms with van der Waals surface area (Å²) in [7, 11) is 0. The SMILES string of the molecule is CCO.F.F.F.[SbH3]. The topological polar surface area (TPSA) is 20.2 Å². The molecule has 0 amide bonds. The molecule has 0 heterocycles. The first kappa shape index (κ1) is 49.5. The average Bonchev–Trinajstić information content (AvgIpc) is 0.918. The Balaban J connectivity index is -0.00000000333. The third-order valence-corrected chi connectivity index (χ3v) is 0. The fourth-order valence-corrected chi connectivity index (χ4v) is 0. The van der Waals surface area contributed by atoms with Crippen LogP contribution in [-0.4, -0.2) is 36.1 Å². The van der Waals surface area contributed by atoms with E-state index in [1.54, 1.807) is 6.92 Å². The molecule has 0 aromatic heterocycles. The van der Waals surface area contributed by atoms with Crippen molar-refractivity contribution in [2.45, 2.75) is 6.92 Å². The standard InChI is InChI=1S/C2H6O.3FH.Sb.3H/c1-2-3;;;;;;;/h3H,2H2,1H3;3*1H;;;;. The molecule has 0 saturated carbocycles. The number of hydrogen-bond acceptors (Lipinski definition) is 1. The molecule has 0 atom stereocenters. The summed E-state index contributed by atoms with van der Waals surface area (Å²) in [6.45, 7) is 1.93. The zero-order valence-corrected chi connectivity index (χ0v) is 8.12. The van der Waals surface area contributed by atoms with Crippen LogP contribution in [0.1, 0.15) is 6.92 Å². The summed E-state index contributed by atoms with van der Waals surface area (Å²) in [6, 6.07) is 0. The van der Waals surface area contributed by atoms with Crippen molar-refractivity contribution >= 4 is 24.4 Å². The first-order chi connectivity index (χ1) is 1.41. The van der Waals surface area contributed by atoms with Crippen molar-refractivity contribution in [2.24, 2.45) is 0 Å². The number of halogens is 3. The van der Waals surface area contributed by atoms with E-state index in [0.717, 1.165) is 0 Å². The minimum atomic E-state index is 0. The van der Waals surface area contributed by atoms with Crippen LogP contribution in [0, 0.1) is 0 Å². The second kappa shape index (κ2) is 82.8. The Hall–Kier alpha value is 0.568. The van der Waals surface area contributed by atoms with Crippen molar-refractivity contribution in [3.63, 3.8) is 0 Å². The second-order valence-corrected chi connectivity index (χ2v) is 0.316. The van der Waals surface area contributed by atoms with Gasteiger partial charge in [0, 0.05) is 6.61 Å². The second-order valence-electron chi connectivity index (χ2n) is 0.316. The molecule has 1 N–H and O–H groups in total. The van der Waals surface area contributed by atoms with E-state index in [1.165, 1.54) is 0 Å². The van der Waals surface area contributed by atoms with E-state index < -0.39 is 0 Å². The van der Waals surface area contributed by atoms with E-state index in [2.05, 4.69) is 0 Å². The first-order valence-electron chi connectivity index (χ1n) is 1.02. The van der Waals surface area contributed by atoms with Gasteiger partial charge in [0.15, 0.2) is 0 Å². The van der Waals surface area contributed by atoms with Gasteiger partial charge in [0.05, 0.1) is 0 Å². The molecule has 7 heavy (non-hydrogen) atoms. The number of aliphatic hydroxyl groups excluding tert-OH is 1. The van der Waals surface area contributed by atoms with Gasteiger partial charge in [0.1, 0.15) is 0 Å². The monoisotopic (exact) mass is 230 g/mol. The van der Waals surface area contributed by atoms with Gasteiger partial charge in [-0.3, -0.25) is 14.1 Å². The summed E-state index contributed by atoms with van der Waals surface area (Å²) >= 11 is 0. The summed E-state index contributed by atoms with van der Waals surface area (Å²) in [6.07, 6.45) is 0. The maximum atomic E-state index is 7.57. The summed E-state index contributed by atoms with van der Waals surface area (Å²) in [4.78, 5) is 0. The predicted octanol–water partition coefficient (Wildman–Crippen LogP) is -0.728. The summed E-state index contributed by atoms with van der Waals surface area (Å²) < 4.78 is 0. The van der Waals surface area contributed by atoms with Crippen LogP contribution in [0.15, 0.2) is 0 Å². The van der Waals surface area contributed by atoms with Crippen LogP contribution in [0.4, 0.5) is 14.1 Å². The van der Waals surface area contributed by atoms with Crippen LogP contribution in [0.25, 0.3) is 0 Å². The third-order valence-electron chi connectivity index (χ3n) is 0. The molecule has 0 radical (unpaired) electrons. The summed E-state index contributed by atoms with van der Waals surface area (Å²) in [5.41, 5.74) is 0. The van der Waals surface area contributed by atoms with Crippen LogP contribution in [0.3, 0.4) is 0 Å². The first-order valence-corrected chi connectivity index (χ1v) is 1.02. The molecular weight excluding hydrogens is 219 g/mol. The Morgan fingerprint density at radius 3 is 1.14 bits per heavy atom. The molecule has 1 nitrogen and oxygen atoms in total. The average molecular weight is 231 g/mol. The van der Waals surface area contributed by atoms with Crippen LogP contribution >= 0.6 is 0 Å². The Kier molecular flexibility index (Phi) is 586. The van der Waals surface area contributed by atoms with Gasteiger partial charge in [-0.2, -0.15) is 0 Å². The van der Waals surface area contributed by atoms with Gasteiger partial charge in [-0.05, 0) is 6.92 Å². The molecule has 0 fully saturated rings. The molecule has 0 bridgehead atoms. The van der Waals surface area contributed by atoms with Gasteiger partial charge in [0.2, 0.25) is 0 Å². The molecule has 0 saturated heterocycles. The van der Waals surface area contributed by atoms with Crippen molar-refractivity contribution in [3.8, 4) is 0 Å². The van der Waals surface area contributed by atoms with Crippen molar-refractivity contribution < 1.29 is 19.2 Å². The minimum absolute atomic E-state index is 0. The van der Waals surface area contributed by atoms with E-state index in [4.69, 9.17) is 5.11 Å². The van der Waals surface area contributed by atoms with Gasteiger partial charge in [-0.15, -0.1) is 0 Å². The molecule has 0 aromatic carbocycles. The molecule has 0 aliphatic carbocycles. The van der Waals surface area contributed by atoms with Gasteiger partial charge in [-0.25, -0.2) is 0 Å². The number of rotatable bonds is 0. The van der Waals surface area contributed by atoms with Gasteiger partial charge in [-0.1, -0.05) is 0 Å². The van der Waals surface area contributed by atoms with Gasteiger partial charge < -0.3 is 5.11 Å². The number of aliphatic hydroxyl groups is 1. The molecule has 0 aliphatic heterocycles. The van der Waals surface area contributed by atoms with Gasteiger partial charge in [0.25, 0.3) is 0 Å². The Morgan fingerprint density at radius 2 is 1.14 bits per heavy atom. The Bertz CT molecular complexity index is 12.9. The normalized spacial score (nSPS) is 2.57. The van der Waals surface area contributed by atoms with Crippen molar-refractivity contribution in [3.05, 3.63) is 0 Å². The van der Waals surface area contributed by atoms with Crippen LogP contribution in [0.2, 0.25) is 0 Å². The van der Waals surface area contributed by atoms with E-state index >= 15 is 0 Å². The zero-order valence-electron chi connectivity index (χ0n) is 4.09.